The second-order valence-electron chi connectivity index (χ2n) is 13.6. The summed E-state index contributed by atoms with van der Waals surface area (Å²) in [5.74, 6) is 0. The second kappa shape index (κ2) is 13.6. The topological polar surface area (TPSA) is 32.3 Å². The van der Waals surface area contributed by atoms with Crippen LogP contribution in [0.1, 0.15) is 62.9 Å². The molecule has 5 aromatic rings. The molecule has 46 heavy (non-hydrogen) atoms. The number of likely N-dealkylation sites (tertiary alicyclic amines) is 1. The molecule has 0 atom stereocenters. The van der Waals surface area contributed by atoms with E-state index in [4.69, 9.17) is 9.97 Å². The van der Waals surface area contributed by atoms with E-state index < -0.39 is 0 Å². The lowest BCUT2D eigenvalue weighted by Gasteiger charge is -2.40. The zero-order valence-corrected chi connectivity index (χ0v) is 28.7. The quantitative estimate of drug-likeness (QED) is 0.176. The van der Waals surface area contributed by atoms with E-state index in [0.717, 1.165) is 44.7 Å². The highest BCUT2D eigenvalue weighted by atomic mass is 15.2. The van der Waals surface area contributed by atoms with Crippen LogP contribution in [0.3, 0.4) is 0 Å². The Hall–Kier alpha value is -4.28. The number of hydrogen-bond acceptors (Lipinski definition) is 4. The monoisotopic (exact) mass is 608 g/mol. The molecule has 4 heteroatoms. The summed E-state index contributed by atoms with van der Waals surface area (Å²) in [6.07, 6.45) is 8.29. The Bertz CT molecular complexity index is 1800. The van der Waals surface area contributed by atoms with E-state index in [1.807, 2.05) is 18.6 Å². The summed E-state index contributed by atoms with van der Waals surface area (Å²) in [5.41, 5.74) is 17.9. The summed E-state index contributed by atoms with van der Waals surface area (Å²) in [4.78, 5) is 14.7. The average Bonchev–Trinajstić information content (AvgIpc) is 3.05. The number of benzene rings is 3. The molecule has 236 valence electrons. The lowest BCUT2D eigenvalue weighted by Crippen LogP contribution is -2.44. The maximum atomic E-state index is 4.74. The van der Waals surface area contributed by atoms with Crippen LogP contribution in [-0.2, 0) is 13.1 Å². The summed E-state index contributed by atoms with van der Waals surface area (Å²) in [7, 11) is 0. The van der Waals surface area contributed by atoms with Gasteiger partial charge in [0.05, 0.1) is 5.69 Å². The Balaban J connectivity index is 1.18. The van der Waals surface area contributed by atoms with Gasteiger partial charge in [0.25, 0.3) is 0 Å². The highest BCUT2D eigenvalue weighted by Crippen LogP contribution is 2.30. The predicted molar refractivity (Wildman–Crippen MR) is 193 cm³/mol. The molecule has 3 aromatic carbocycles. The normalized spacial score (nSPS) is 14.1. The third kappa shape index (κ3) is 7.08. The van der Waals surface area contributed by atoms with E-state index in [1.54, 1.807) is 0 Å². The first kappa shape index (κ1) is 31.7. The van der Waals surface area contributed by atoms with Crippen molar-refractivity contribution < 1.29 is 0 Å². The Labute approximate surface area is 276 Å². The van der Waals surface area contributed by atoms with Crippen molar-refractivity contribution >= 4 is 5.69 Å². The first-order valence-electron chi connectivity index (χ1n) is 16.8. The molecule has 0 radical (unpaired) electrons. The summed E-state index contributed by atoms with van der Waals surface area (Å²) >= 11 is 0. The Morgan fingerprint density at radius 3 is 1.98 bits per heavy atom. The fraction of sp³-hybridized carbons (Fsp3) is 0.333. The van der Waals surface area contributed by atoms with Crippen LogP contribution in [0.25, 0.3) is 22.4 Å². The summed E-state index contributed by atoms with van der Waals surface area (Å²) < 4.78 is 0. The van der Waals surface area contributed by atoms with Gasteiger partial charge in [-0.3, -0.25) is 14.9 Å². The van der Waals surface area contributed by atoms with Crippen molar-refractivity contribution in [3.8, 4) is 22.4 Å². The molecule has 1 saturated heterocycles. The predicted octanol–water partition coefficient (Wildman–Crippen LogP) is 9.64. The number of rotatable bonds is 8. The van der Waals surface area contributed by atoms with Crippen LogP contribution in [0.5, 0.6) is 0 Å². The zero-order valence-electron chi connectivity index (χ0n) is 28.7. The second-order valence-corrected chi connectivity index (χ2v) is 13.6. The minimum absolute atomic E-state index is 0.470. The van der Waals surface area contributed by atoms with Crippen LogP contribution in [0, 0.1) is 48.5 Å². The van der Waals surface area contributed by atoms with Crippen molar-refractivity contribution in [2.75, 3.05) is 18.0 Å². The van der Waals surface area contributed by atoms with Crippen molar-refractivity contribution in [3.05, 3.63) is 135 Å². The Morgan fingerprint density at radius 1 is 0.674 bits per heavy atom. The van der Waals surface area contributed by atoms with Crippen LogP contribution < -0.4 is 4.90 Å². The van der Waals surface area contributed by atoms with Crippen LogP contribution >= 0.6 is 0 Å². The molecule has 3 heterocycles. The van der Waals surface area contributed by atoms with Crippen LogP contribution in [0.15, 0.2) is 85.3 Å². The third-order valence-electron chi connectivity index (χ3n) is 10.2. The minimum Gasteiger partial charge on any atom is -0.364 e. The van der Waals surface area contributed by atoms with Gasteiger partial charge in [-0.15, -0.1) is 0 Å². The van der Waals surface area contributed by atoms with Gasteiger partial charge in [0, 0.05) is 67.6 Å². The van der Waals surface area contributed by atoms with Crippen molar-refractivity contribution in [3.63, 3.8) is 0 Å². The van der Waals surface area contributed by atoms with Crippen LogP contribution in [0.2, 0.25) is 0 Å². The lowest BCUT2D eigenvalue weighted by atomic mass is 9.96. The molecular formula is C42H48N4. The fourth-order valence-corrected chi connectivity index (χ4v) is 6.93. The van der Waals surface area contributed by atoms with Crippen molar-refractivity contribution in [1.29, 1.82) is 0 Å². The van der Waals surface area contributed by atoms with Gasteiger partial charge in [-0.05, 0) is 159 Å². The standard InChI is InChI=1S/C42H48N4/c1-28-9-8-10-41(17-28)46(27-36-22-39(25-43-24-36)37-18-29(2)33(6)30(3)19-37)40-12-15-45(16-13-40)26-35-11-14-44-42(23-35)38-20-31(4)34(7)32(5)21-38/h8-11,14,17-25,40H,12-13,15-16,26-27H2,1-7H3. The summed E-state index contributed by atoms with van der Waals surface area (Å²) in [6.45, 7) is 19.3. The zero-order chi connectivity index (χ0) is 32.4. The largest absolute Gasteiger partial charge is 0.364 e. The number of aryl methyl sites for hydroxylation is 5. The summed E-state index contributed by atoms with van der Waals surface area (Å²) in [5, 5.41) is 0. The number of hydrogen-bond donors (Lipinski definition) is 0. The molecule has 0 N–H and O–H groups in total. The average molecular weight is 609 g/mol. The van der Waals surface area contributed by atoms with Crippen LogP contribution in [0.4, 0.5) is 5.69 Å². The van der Waals surface area contributed by atoms with Gasteiger partial charge < -0.3 is 4.90 Å². The third-order valence-corrected chi connectivity index (χ3v) is 10.2. The molecule has 6 rings (SSSR count). The number of anilines is 1. The van der Waals surface area contributed by atoms with E-state index in [-0.39, 0.29) is 0 Å². The SMILES string of the molecule is Cc1cccc(N(Cc2cncc(-c3cc(C)c(C)c(C)c3)c2)C2CCN(Cc3ccnc(-c4cc(C)c(C)c(C)c4)c3)CC2)c1. The first-order chi connectivity index (χ1) is 22.1. The van der Waals surface area contributed by atoms with Gasteiger partial charge >= 0.3 is 0 Å². The summed E-state index contributed by atoms with van der Waals surface area (Å²) in [6, 6.07) is 25.4. The highest BCUT2D eigenvalue weighted by Gasteiger charge is 2.26. The number of pyridine rings is 2. The molecule has 0 aliphatic carbocycles. The molecule has 0 spiro atoms. The molecule has 0 saturated carbocycles. The van der Waals surface area contributed by atoms with Gasteiger partial charge in [-0.1, -0.05) is 24.3 Å². The number of piperidine rings is 1. The minimum atomic E-state index is 0.470. The van der Waals surface area contributed by atoms with E-state index in [2.05, 4.69) is 125 Å². The van der Waals surface area contributed by atoms with E-state index >= 15 is 0 Å². The van der Waals surface area contributed by atoms with E-state index in [0.29, 0.717) is 6.04 Å². The van der Waals surface area contributed by atoms with Gasteiger partial charge in [0.2, 0.25) is 0 Å². The number of aromatic nitrogens is 2. The Kier molecular flexibility index (Phi) is 9.37. The molecule has 4 nitrogen and oxygen atoms in total. The van der Waals surface area contributed by atoms with E-state index in [9.17, 15) is 0 Å². The van der Waals surface area contributed by atoms with Gasteiger partial charge in [-0.2, -0.15) is 0 Å². The van der Waals surface area contributed by atoms with Crippen molar-refractivity contribution in [1.82, 2.24) is 14.9 Å². The molecular weight excluding hydrogens is 560 g/mol. The van der Waals surface area contributed by atoms with Crippen LogP contribution in [-0.4, -0.2) is 34.0 Å². The smallest absolute Gasteiger partial charge is 0.0705 e. The molecule has 0 unspecified atom stereocenters. The number of nitrogens with zero attached hydrogens (tertiary/aromatic N) is 4. The molecule has 0 bridgehead atoms. The molecule has 2 aromatic heterocycles. The maximum Gasteiger partial charge on any atom is 0.0705 e. The van der Waals surface area contributed by atoms with Gasteiger partial charge in [0.1, 0.15) is 0 Å². The fourth-order valence-electron chi connectivity index (χ4n) is 6.93. The lowest BCUT2D eigenvalue weighted by molar-refractivity contribution is 0.201. The van der Waals surface area contributed by atoms with Gasteiger partial charge in [-0.25, -0.2) is 0 Å². The molecule has 1 aliphatic heterocycles. The van der Waals surface area contributed by atoms with Crippen molar-refractivity contribution in [2.24, 2.45) is 0 Å². The molecule has 1 aliphatic rings. The Morgan fingerprint density at radius 2 is 1.33 bits per heavy atom. The van der Waals surface area contributed by atoms with Gasteiger partial charge in [0.15, 0.2) is 0 Å². The molecule has 0 amide bonds. The highest BCUT2D eigenvalue weighted by molar-refractivity contribution is 5.66. The maximum absolute atomic E-state index is 4.74. The van der Waals surface area contributed by atoms with Crippen molar-refractivity contribution in [2.45, 2.75) is 80.4 Å². The first-order valence-corrected chi connectivity index (χ1v) is 16.8. The van der Waals surface area contributed by atoms with E-state index in [1.165, 1.54) is 72.4 Å². The molecule has 1 fully saturated rings.